The van der Waals surface area contributed by atoms with Gasteiger partial charge in [0.25, 0.3) is 0 Å². The van der Waals surface area contributed by atoms with Crippen LogP contribution in [0, 0.1) is 5.92 Å². The quantitative estimate of drug-likeness (QED) is 0.765. The maximum atomic E-state index is 12.8. The van der Waals surface area contributed by atoms with Gasteiger partial charge in [-0.05, 0) is 25.0 Å². The minimum atomic E-state index is -4.62. The Hall–Kier alpha value is -2.35. The fourth-order valence-electron chi connectivity index (χ4n) is 3.46. The van der Waals surface area contributed by atoms with Gasteiger partial charge >= 0.3 is 6.18 Å². The highest BCUT2D eigenvalue weighted by molar-refractivity contribution is 6.05. The van der Waals surface area contributed by atoms with E-state index < -0.39 is 18.2 Å². The molecule has 1 N–H and O–H groups in total. The van der Waals surface area contributed by atoms with Crippen LogP contribution in [0.25, 0.3) is 22.1 Å². The summed E-state index contributed by atoms with van der Waals surface area (Å²) < 4.78 is 44.4. The first-order valence-corrected chi connectivity index (χ1v) is 8.07. The van der Waals surface area contributed by atoms with E-state index in [4.69, 9.17) is 4.42 Å². The zero-order chi connectivity index (χ0) is 17.6. The van der Waals surface area contributed by atoms with Crippen molar-refractivity contribution in [2.45, 2.75) is 25.1 Å². The van der Waals surface area contributed by atoms with Crippen molar-refractivity contribution in [2.75, 3.05) is 18.0 Å². The zero-order valence-corrected chi connectivity index (χ0v) is 13.2. The minimum absolute atomic E-state index is 0.0732. The summed E-state index contributed by atoms with van der Waals surface area (Å²) >= 11 is 0. The molecule has 1 aliphatic heterocycles. The van der Waals surface area contributed by atoms with E-state index in [1.807, 2.05) is 24.3 Å². The molecule has 2 atom stereocenters. The molecule has 0 saturated carbocycles. The van der Waals surface area contributed by atoms with Crippen LogP contribution in [0.2, 0.25) is 0 Å². The third-order valence-corrected chi connectivity index (χ3v) is 4.68. The summed E-state index contributed by atoms with van der Waals surface area (Å²) in [7, 11) is 0. The van der Waals surface area contributed by atoms with Crippen LogP contribution in [-0.2, 0) is 0 Å². The Morgan fingerprint density at radius 1 is 1.24 bits per heavy atom. The number of para-hydroxylation sites is 1. The van der Waals surface area contributed by atoms with Gasteiger partial charge in [-0.15, -0.1) is 0 Å². The van der Waals surface area contributed by atoms with E-state index in [0.29, 0.717) is 41.9 Å². The van der Waals surface area contributed by atoms with Crippen molar-refractivity contribution < 1.29 is 22.7 Å². The lowest BCUT2D eigenvalue weighted by Crippen LogP contribution is -2.46. The summed E-state index contributed by atoms with van der Waals surface area (Å²) in [5.41, 5.74) is 1.76. The van der Waals surface area contributed by atoms with Crippen molar-refractivity contribution in [3.63, 3.8) is 0 Å². The molecule has 2 aromatic heterocycles. The van der Waals surface area contributed by atoms with Gasteiger partial charge in [-0.2, -0.15) is 13.2 Å². The monoisotopic (exact) mass is 351 g/mol. The first-order chi connectivity index (χ1) is 11.9. The molecule has 25 heavy (non-hydrogen) atoms. The third kappa shape index (κ3) is 2.80. The highest BCUT2D eigenvalue weighted by Gasteiger charge is 2.44. The van der Waals surface area contributed by atoms with Crippen molar-refractivity contribution in [1.29, 1.82) is 0 Å². The van der Waals surface area contributed by atoms with E-state index in [0.717, 1.165) is 5.39 Å². The number of halogens is 3. The number of hydrogen-bond acceptors (Lipinski definition) is 5. The molecule has 8 heteroatoms. The molecule has 2 unspecified atom stereocenters. The highest BCUT2D eigenvalue weighted by atomic mass is 19.4. The summed E-state index contributed by atoms with van der Waals surface area (Å²) in [4.78, 5) is 10.2. The Morgan fingerprint density at radius 3 is 2.84 bits per heavy atom. The smallest absolute Gasteiger partial charge is 0.414 e. The van der Waals surface area contributed by atoms with Crippen molar-refractivity contribution in [3.05, 3.63) is 30.6 Å². The Morgan fingerprint density at radius 2 is 2.04 bits per heavy atom. The van der Waals surface area contributed by atoms with E-state index in [9.17, 15) is 18.3 Å². The molecule has 0 spiro atoms. The summed E-state index contributed by atoms with van der Waals surface area (Å²) in [6.07, 6.45) is -4.68. The molecule has 1 saturated heterocycles. The van der Waals surface area contributed by atoms with Gasteiger partial charge in [-0.3, -0.25) is 0 Å². The Bertz CT molecular complexity index is 909. The van der Waals surface area contributed by atoms with Gasteiger partial charge in [0.15, 0.2) is 17.5 Å². The standard InChI is InChI=1S/C17H16F3N3O2/c18-17(19,20)15(24)10-4-3-7-23(8-10)16-14-13(21-9-22-16)11-5-1-2-6-12(11)25-14/h1-2,5-6,9-10,15,24H,3-4,7-8H2. The molecule has 4 rings (SSSR count). The molecule has 0 amide bonds. The Balaban J connectivity index is 1.72. The molecule has 1 fully saturated rings. The highest BCUT2D eigenvalue weighted by Crippen LogP contribution is 2.36. The van der Waals surface area contributed by atoms with Crippen molar-refractivity contribution in [3.8, 4) is 0 Å². The van der Waals surface area contributed by atoms with Gasteiger partial charge < -0.3 is 14.4 Å². The van der Waals surface area contributed by atoms with E-state index in [1.54, 1.807) is 4.90 Å². The molecule has 5 nitrogen and oxygen atoms in total. The normalized spacial score (nSPS) is 20.3. The fourth-order valence-corrected chi connectivity index (χ4v) is 3.46. The number of hydrogen-bond donors (Lipinski definition) is 1. The molecule has 1 aromatic carbocycles. The molecule has 3 heterocycles. The molecule has 1 aliphatic rings. The average molecular weight is 351 g/mol. The Labute approximate surface area is 141 Å². The van der Waals surface area contributed by atoms with Gasteiger partial charge in [0.1, 0.15) is 17.4 Å². The molecule has 132 valence electrons. The van der Waals surface area contributed by atoms with Crippen LogP contribution >= 0.6 is 0 Å². The van der Waals surface area contributed by atoms with E-state index >= 15 is 0 Å². The second-order valence-corrected chi connectivity index (χ2v) is 6.31. The molecule has 0 bridgehead atoms. The fraction of sp³-hybridized carbons (Fsp3) is 0.412. The number of nitrogens with zero attached hydrogens (tertiary/aromatic N) is 3. The number of aliphatic hydroxyl groups excluding tert-OH is 1. The second-order valence-electron chi connectivity index (χ2n) is 6.31. The van der Waals surface area contributed by atoms with Crippen LogP contribution in [0.3, 0.4) is 0 Å². The number of furan rings is 1. The number of fused-ring (bicyclic) bond motifs is 3. The lowest BCUT2D eigenvalue weighted by molar-refractivity contribution is -0.219. The molecule has 0 radical (unpaired) electrons. The predicted octanol–water partition coefficient (Wildman–Crippen LogP) is 3.52. The van der Waals surface area contributed by atoms with E-state index in [-0.39, 0.29) is 6.54 Å². The van der Waals surface area contributed by atoms with Crippen LogP contribution in [0.4, 0.5) is 19.0 Å². The number of anilines is 1. The molecular formula is C17H16F3N3O2. The number of alkyl halides is 3. The number of piperidine rings is 1. The lowest BCUT2D eigenvalue weighted by Gasteiger charge is -2.36. The van der Waals surface area contributed by atoms with E-state index in [1.165, 1.54) is 6.33 Å². The van der Waals surface area contributed by atoms with Crippen molar-refractivity contribution in [1.82, 2.24) is 9.97 Å². The van der Waals surface area contributed by atoms with Crippen LogP contribution in [0.15, 0.2) is 35.0 Å². The van der Waals surface area contributed by atoms with Crippen LogP contribution in [-0.4, -0.2) is 40.4 Å². The number of rotatable bonds is 2. The van der Waals surface area contributed by atoms with Gasteiger partial charge in [0.05, 0.1) is 0 Å². The van der Waals surface area contributed by atoms with Crippen LogP contribution < -0.4 is 4.90 Å². The minimum Gasteiger partial charge on any atom is -0.450 e. The van der Waals surface area contributed by atoms with Crippen molar-refractivity contribution in [2.24, 2.45) is 5.92 Å². The third-order valence-electron chi connectivity index (χ3n) is 4.68. The van der Waals surface area contributed by atoms with Gasteiger partial charge in [-0.25, -0.2) is 9.97 Å². The number of benzene rings is 1. The molecule has 3 aromatic rings. The second kappa shape index (κ2) is 5.87. The summed E-state index contributed by atoms with van der Waals surface area (Å²) in [6.45, 7) is 0.633. The summed E-state index contributed by atoms with van der Waals surface area (Å²) in [5.74, 6) is -0.414. The van der Waals surface area contributed by atoms with Crippen molar-refractivity contribution >= 4 is 27.9 Å². The van der Waals surface area contributed by atoms with Gasteiger partial charge in [0.2, 0.25) is 0 Å². The largest absolute Gasteiger partial charge is 0.450 e. The molecule has 0 aliphatic carbocycles. The SMILES string of the molecule is OC(C1CCCN(c2ncnc3c2oc2ccccc23)C1)C(F)(F)F. The van der Waals surface area contributed by atoms with Gasteiger partial charge in [0, 0.05) is 24.4 Å². The maximum absolute atomic E-state index is 12.8. The number of aromatic nitrogens is 2. The first kappa shape index (κ1) is 16.1. The Kier molecular flexibility index (Phi) is 3.79. The van der Waals surface area contributed by atoms with E-state index in [2.05, 4.69) is 9.97 Å². The number of aliphatic hydroxyl groups is 1. The summed E-state index contributed by atoms with van der Waals surface area (Å²) in [5, 5.41) is 10.4. The topological polar surface area (TPSA) is 62.4 Å². The summed E-state index contributed by atoms with van der Waals surface area (Å²) in [6, 6.07) is 7.40. The zero-order valence-electron chi connectivity index (χ0n) is 13.2. The molecular weight excluding hydrogens is 335 g/mol. The lowest BCUT2D eigenvalue weighted by atomic mass is 9.92. The van der Waals surface area contributed by atoms with Crippen LogP contribution in [0.1, 0.15) is 12.8 Å². The van der Waals surface area contributed by atoms with Crippen LogP contribution in [0.5, 0.6) is 0 Å². The average Bonchev–Trinajstić information content (AvgIpc) is 2.99. The maximum Gasteiger partial charge on any atom is 0.414 e. The van der Waals surface area contributed by atoms with Gasteiger partial charge in [-0.1, -0.05) is 12.1 Å². The predicted molar refractivity (Wildman–Crippen MR) is 86.3 cm³/mol. The first-order valence-electron chi connectivity index (χ1n) is 8.07.